The van der Waals surface area contributed by atoms with Crippen LogP contribution in [0.4, 0.5) is 0 Å². The van der Waals surface area contributed by atoms with Crippen LogP contribution >= 0.6 is 27.5 Å². The number of ketones is 1. The lowest BCUT2D eigenvalue weighted by Gasteiger charge is -2.54. The highest BCUT2D eigenvalue weighted by atomic mass is 79.9. The van der Waals surface area contributed by atoms with Crippen molar-refractivity contribution in [3.8, 4) is 0 Å². The van der Waals surface area contributed by atoms with Crippen molar-refractivity contribution in [2.75, 3.05) is 0 Å². The van der Waals surface area contributed by atoms with Gasteiger partial charge in [-0.15, -0.1) is 11.6 Å². The number of alkyl halides is 2. The van der Waals surface area contributed by atoms with Crippen molar-refractivity contribution in [1.82, 2.24) is 0 Å². The largest absolute Gasteiger partial charge is 0.290 e. The maximum absolute atomic E-state index is 12.0. The van der Waals surface area contributed by atoms with Gasteiger partial charge in [0.25, 0.3) is 0 Å². The van der Waals surface area contributed by atoms with Crippen LogP contribution in [-0.2, 0) is 4.79 Å². The minimum absolute atomic E-state index is 0.0442. The van der Waals surface area contributed by atoms with E-state index in [1.54, 1.807) is 6.08 Å². The average Bonchev–Trinajstić information content (AvgIpc) is 2.27. The number of halogens is 2. The van der Waals surface area contributed by atoms with Gasteiger partial charge in [-0.2, -0.15) is 0 Å². The molecule has 1 nitrogen and oxygen atoms in total. The Hall–Kier alpha value is -0.0800. The Labute approximate surface area is 123 Å². The highest BCUT2D eigenvalue weighted by Crippen LogP contribution is 2.60. The van der Waals surface area contributed by atoms with E-state index in [1.807, 2.05) is 6.08 Å². The molecule has 0 amide bonds. The van der Waals surface area contributed by atoms with Gasteiger partial charge in [-0.3, -0.25) is 4.79 Å². The van der Waals surface area contributed by atoms with Gasteiger partial charge >= 0.3 is 0 Å². The molecule has 0 aliphatic heterocycles. The fraction of sp³-hybridized carbons (Fsp3) is 0.667. The third kappa shape index (κ3) is 1.92. The summed E-state index contributed by atoms with van der Waals surface area (Å²) in [5.41, 5.74) is 0.560. The van der Waals surface area contributed by atoms with Crippen LogP contribution in [-0.4, -0.2) is 15.5 Å². The lowest BCUT2D eigenvalue weighted by atomic mass is 9.51. The Balaban J connectivity index is 2.44. The van der Waals surface area contributed by atoms with Gasteiger partial charge in [-0.1, -0.05) is 42.4 Å². The van der Waals surface area contributed by atoms with Gasteiger partial charge in [0.2, 0.25) is 0 Å². The molecule has 2 rings (SSSR count). The summed E-state index contributed by atoms with van der Waals surface area (Å²) in [6.07, 6.45) is 6.41. The fourth-order valence-electron chi connectivity index (χ4n) is 3.26. The molecule has 0 N–H and O–H groups in total. The summed E-state index contributed by atoms with van der Waals surface area (Å²) in [4.78, 5) is 12.0. The van der Waals surface area contributed by atoms with E-state index >= 15 is 0 Å². The Kier molecular flexibility index (Phi) is 3.35. The summed E-state index contributed by atoms with van der Waals surface area (Å²) in [6.45, 7) is 10.5. The Morgan fingerprint density at radius 1 is 1.39 bits per heavy atom. The molecule has 3 heteroatoms. The molecule has 0 aromatic heterocycles. The lowest BCUT2D eigenvalue weighted by Crippen LogP contribution is -2.51. The zero-order valence-corrected chi connectivity index (χ0v) is 13.6. The predicted molar refractivity (Wildman–Crippen MR) is 80.3 cm³/mol. The molecule has 0 heterocycles. The van der Waals surface area contributed by atoms with Crippen molar-refractivity contribution in [2.45, 2.75) is 49.7 Å². The van der Waals surface area contributed by atoms with Crippen LogP contribution in [0.15, 0.2) is 24.3 Å². The van der Waals surface area contributed by atoms with E-state index in [9.17, 15) is 4.79 Å². The van der Waals surface area contributed by atoms with Crippen LogP contribution in [0.25, 0.3) is 0 Å². The highest BCUT2D eigenvalue weighted by molar-refractivity contribution is 9.09. The zero-order chi connectivity index (χ0) is 13.8. The predicted octanol–water partition coefficient (Wildman–Crippen LogP) is 4.64. The third-order valence-electron chi connectivity index (χ3n) is 4.98. The van der Waals surface area contributed by atoms with Crippen molar-refractivity contribution in [1.29, 1.82) is 0 Å². The Bertz CT molecular complexity index is 436. The van der Waals surface area contributed by atoms with Crippen LogP contribution in [0, 0.1) is 10.8 Å². The van der Waals surface area contributed by atoms with Gasteiger partial charge < -0.3 is 0 Å². The number of carbonyl (C=O) groups excluding carboxylic acids is 1. The topological polar surface area (TPSA) is 17.1 Å². The summed E-state index contributed by atoms with van der Waals surface area (Å²) in [5, 5.41) is 0. The zero-order valence-electron chi connectivity index (χ0n) is 11.2. The first-order valence-corrected chi connectivity index (χ1v) is 7.68. The van der Waals surface area contributed by atoms with E-state index in [2.05, 4.69) is 43.3 Å². The molecule has 18 heavy (non-hydrogen) atoms. The van der Waals surface area contributed by atoms with E-state index in [0.29, 0.717) is 0 Å². The number of hydrogen-bond donors (Lipinski definition) is 0. The maximum Gasteiger partial charge on any atom is 0.181 e. The van der Waals surface area contributed by atoms with E-state index in [0.717, 1.165) is 24.8 Å². The summed E-state index contributed by atoms with van der Waals surface area (Å²) in [6, 6.07) is 0. The van der Waals surface area contributed by atoms with Crippen LogP contribution in [0.3, 0.4) is 0 Å². The standard InChI is InChI=1S/C15H20BrClO/c1-10-11(18)5-6-13(2,3)15(10)8-7-14(4,17)12(16)9-15/h5-6,12H,1,7-9H2,2-4H3/t12-,14-,15-/m0/s1. The van der Waals surface area contributed by atoms with Crippen molar-refractivity contribution >= 4 is 33.3 Å². The molecular formula is C15H20BrClO. The summed E-state index contributed by atoms with van der Waals surface area (Å²) >= 11 is 10.2. The summed E-state index contributed by atoms with van der Waals surface area (Å²) < 4.78 is 0. The number of hydrogen-bond acceptors (Lipinski definition) is 1. The molecule has 0 aromatic carbocycles. The first-order valence-electron chi connectivity index (χ1n) is 6.38. The summed E-state index contributed by atoms with van der Waals surface area (Å²) in [5.74, 6) is 0.0761. The van der Waals surface area contributed by atoms with Gasteiger partial charge in [0.05, 0.1) is 4.87 Å². The molecule has 0 radical (unpaired) electrons. The van der Waals surface area contributed by atoms with Crippen molar-refractivity contribution in [3.63, 3.8) is 0 Å². The SMILES string of the molecule is C=C1C(=O)C=CC(C)(C)[C@]12CC[C@](C)(Cl)[C@@H](Br)C2. The smallest absolute Gasteiger partial charge is 0.181 e. The molecule has 100 valence electrons. The van der Waals surface area contributed by atoms with Gasteiger partial charge in [-0.25, -0.2) is 0 Å². The van der Waals surface area contributed by atoms with Crippen LogP contribution in [0.5, 0.6) is 0 Å². The molecule has 0 saturated heterocycles. The molecule has 3 atom stereocenters. The average molecular weight is 332 g/mol. The van der Waals surface area contributed by atoms with Crippen molar-refractivity contribution in [3.05, 3.63) is 24.3 Å². The number of allylic oxidation sites excluding steroid dienone is 3. The molecule has 0 bridgehead atoms. The first kappa shape index (κ1) is 14.3. The van der Waals surface area contributed by atoms with Crippen LogP contribution in [0.2, 0.25) is 0 Å². The molecule has 2 aliphatic rings. The molecule has 0 unspecified atom stereocenters. The quantitative estimate of drug-likeness (QED) is 0.467. The molecule has 1 saturated carbocycles. The molecule has 2 aliphatic carbocycles. The van der Waals surface area contributed by atoms with E-state index in [4.69, 9.17) is 11.6 Å². The van der Waals surface area contributed by atoms with Crippen molar-refractivity contribution in [2.24, 2.45) is 10.8 Å². The molecule has 1 spiro atoms. The van der Waals surface area contributed by atoms with E-state index < -0.39 is 0 Å². The number of rotatable bonds is 0. The third-order valence-corrected chi connectivity index (χ3v) is 7.03. The lowest BCUT2D eigenvalue weighted by molar-refractivity contribution is -0.114. The molecule has 1 fully saturated rings. The second-order valence-electron chi connectivity index (χ2n) is 6.43. The van der Waals surface area contributed by atoms with E-state index in [-0.39, 0.29) is 26.3 Å². The van der Waals surface area contributed by atoms with Gasteiger partial charge in [0.15, 0.2) is 5.78 Å². The minimum Gasteiger partial charge on any atom is -0.290 e. The van der Waals surface area contributed by atoms with Gasteiger partial charge in [0, 0.05) is 10.2 Å². The van der Waals surface area contributed by atoms with Crippen LogP contribution < -0.4 is 0 Å². The Morgan fingerprint density at radius 2 is 2.00 bits per heavy atom. The van der Waals surface area contributed by atoms with Crippen molar-refractivity contribution < 1.29 is 4.79 Å². The first-order chi connectivity index (χ1) is 8.12. The van der Waals surface area contributed by atoms with Gasteiger partial charge in [-0.05, 0) is 43.3 Å². The maximum atomic E-state index is 12.0. The fourth-order valence-corrected chi connectivity index (χ4v) is 4.22. The Morgan fingerprint density at radius 3 is 2.56 bits per heavy atom. The minimum atomic E-state index is -0.230. The van der Waals surface area contributed by atoms with Crippen LogP contribution in [0.1, 0.15) is 40.0 Å². The second-order valence-corrected chi connectivity index (χ2v) is 8.40. The monoisotopic (exact) mass is 330 g/mol. The van der Waals surface area contributed by atoms with E-state index in [1.165, 1.54) is 0 Å². The second kappa shape index (κ2) is 4.21. The summed E-state index contributed by atoms with van der Waals surface area (Å²) in [7, 11) is 0. The number of carbonyl (C=O) groups is 1. The highest BCUT2D eigenvalue weighted by Gasteiger charge is 2.55. The molecular weight excluding hydrogens is 312 g/mol. The normalized spacial score (nSPS) is 43.5. The van der Waals surface area contributed by atoms with Gasteiger partial charge in [0.1, 0.15) is 0 Å². The molecule has 0 aromatic rings.